The molecule has 0 radical (unpaired) electrons. The van der Waals surface area contributed by atoms with E-state index < -0.39 is 40.2 Å². The lowest BCUT2D eigenvalue weighted by Crippen LogP contribution is -2.48. The molecule has 0 spiro atoms. The molecule has 10 nitrogen and oxygen atoms in total. The van der Waals surface area contributed by atoms with E-state index in [2.05, 4.69) is 4.98 Å². The van der Waals surface area contributed by atoms with Gasteiger partial charge in [0.1, 0.15) is 17.5 Å². The number of hydrogen-bond acceptors (Lipinski definition) is 8. The highest BCUT2D eigenvalue weighted by Gasteiger charge is 2.57. The first kappa shape index (κ1) is 35.7. The largest absolute Gasteiger partial charge is 0.444 e. The Kier molecular flexibility index (Phi) is 9.46. The number of aliphatic hydroxyl groups excluding tert-OH is 1. The Bertz CT molecular complexity index is 1810. The summed E-state index contributed by atoms with van der Waals surface area (Å²) in [4.78, 5) is 34.7. The number of amides is 2. The van der Waals surface area contributed by atoms with Gasteiger partial charge in [-0.1, -0.05) is 23.7 Å². The molecule has 12 heteroatoms. The van der Waals surface area contributed by atoms with Crippen LogP contribution in [0.2, 0.25) is 5.02 Å². The van der Waals surface area contributed by atoms with Crippen LogP contribution in [0.25, 0.3) is 0 Å². The average Bonchev–Trinajstić information content (AvgIpc) is 3.83. The molecule has 2 atom stereocenters. The minimum atomic E-state index is -1.77. The van der Waals surface area contributed by atoms with Gasteiger partial charge in [0.15, 0.2) is 5.72 Å². The molecule has 2 N–H and O–H groups in total. The molecule has 50 heavy (non-hydrogen) atoms. The van der Waals surface area contributed by atoms with Crippen LogP contribution in [0.5, 0.6) is 0 Å². The average molecular weight is 705 g/mol. The van der Waals surface area contributed by atoms with Crippen molar-refractivity contribution in [1.82, 2.24) is 14.8 Å². The second-order valence-corrected chi connectivity index (χ2v) is 15.3. The number of nitrogens with zero attached hydrogens (tertiary/aromatic N) is 4. The summed E-state index contributed by atoms with van der Waals surface area (Å²) in [6, 6.07) is 14.7. The maximum absolute atomic E-state index is 17.0. The van der Waals surface area contributed by atoms with E-state index >= 15 is 4.39 Å². The summed E-state index contributed by atoms with van der Waals surface area (Å²) < 4.78 is 29.2. The van der Waals surface area contributed by atoms with E-state index in [1.165, 1.54) is 17.2 Å². The lowest BCUT2D eigenvalue weighted by atomic mass is 9.76. The van der Waals surface area contributed by atoms with Crippen LogP contribution in [0.15, 0.2) is 54.7 Å². The van der Waals surface area contributed by atoms with E-state index in [0.29, 0.717) is 47.8 Å². The summed E-state index contributed by atoms with van der Waals surface area (Å²) in [5.41, 5.74) is -2.98. The fourth-order valence-electron chi connectivity index (χ4n) is 6.94. The molecule has 3 aromatic rings. The summed E-state index contributed by atoms with van der Waals surface area (Å²) >= 11 is 6.28. The number of fused-ring (bicyclic) bond motifs is 1. The van der Waals surface area contributed by atoms with E-state index in [0.717, 1.165) is 12.8 Å². The maximum Gasteiger partial charge on any atom is 0.410 e. The number of rotatable bonds is 9. The van der Waals surface area contributed by atoms with E-state index in [1.807, 2.05) is 6.07 Å². The first-order valence-electron chi connectivity index (χ1n) is 16.9. The molecule has 1 saturated heterocycles. The van der Waals surface area contributed by atoms with Crippen molar-refractivity contribution >= 4 is 23.6 Å². The zero-order valence-electron chi connectivity index (χ0n) is 28.7. The molecular weight excluding hydrogens is 663 g/mol. The molecule has 2 unspecified atom stereocenters. The number of aromatic nitrogens is 1. The van der Waals surface area contributed by atoms with Crippen LogP contribution in [0.3, 0.4) is 0 Å². The second-order valence-electron chi connectivity index (χ2n) is 14.9. The smallest absolute Gasteiger partial charge is 0.410 e. The van der Waals surface area contributed by atoms with Crippen molar-refractivity contribution in [1.29, 1.82) is 5.26 Å². The van der Waals surface area contributed by atoms with Crippen molar-refractivity contribution in [2.75, 3.05) is 26.3 Å². The number of halogens is 2. The number of carbonyl (C=O) groups excluding carboxylic acids is 2. The third kappa shape index (κ3) is 6.70. The molecule has 0 bridgehead atoms. The summed E-state index contributed by atoms with van der Waals surface area (Å²) in [5.74, 6) is -1.62. The van der Waals surface area contributed by atoms with Crippen LogP contribution >= 0.6 is 11.6 Å². The number of nitriles is 1. The Labute approximate surface area is 296 Å². The van der Waals surface area contributed by atoms with Crippen LogP contribution in [-0.2, 0) is 27.3 Å². The third-order valence-corrected chi connectivity index (χ3v) is 10.5. The maximum atomic E-state index is 17.0. The molecule has 1 aromatic heterocycles. The number of hydrogen-bond donors (Lipinski definition) is 2. The molecule has 2 aliphatic heterocycles. The number of aliphatic hydroxyl groups is 2. The Morgan fingerprint density at radius 2 is 1.80 bits per heavy atom. The monoisotopic (exact) mass is 704 g/mol. The van der Waals surface area contributed by atoms with Gasteiger partial charge in [0.2, 0.25) is 0 Å². The number of pyridine rings is 1. The number of benzene rings is 2. The number of carbonyl (C=O) groups is 2. The van der Waals surface area contributed by atoms with Gasteiger partial charge >= 0.3 is 6.09 Å². The predicted octanol–water partition coefficient (Wildman–Crippen LogP) is 6.25. The molecule has 2 aromatic carbocycles. The summed E-state index contributed by atoms with van der Waals surface area (Å²) in [7, 11) is 0. The van der Waals surface area contributed by atoms with E-state index in [4.69, 9.17) is 21.1 Å². The molecule has 2 fully saturated rings. The van der Waals surface area contributed by atoms with Crippen LogP contribution in [-0.4, -0.2) is 68.9 Å². The van der Waals surface area contributed by atoms with Crippen molar-refractivity contribution in [2.45, 2.75) is 76.9 Å². The molecule has 1 aliphatic carbocycles. The van der Waals surface area contributed by atoms with Crippen molar-refractivity contribution in [3.05, 3.63) is 99.1 Å². The van der Waals surface area contributed by atoms with Gasteiger partial charge < -0.3 is 24.6 Å². The van der Waals surface area contributed by atoms with Gasteiger partial charge in [0.05, 0.1) is 47.7 Å². The van der Waals surface area contributed by atoms with Gasteiger partial charge in [-0.05, 0) is 101 Å². The van der Waals surface area contributed by atoms with Crippen LogP contribution < -0.4 is 0 Å². The van der Waals surface area contributed by atoms with Gasteiger partial charge in [-0.2, -0.15) is 5.26 Å². The standard InChI is InChI=1S/C38H42ClFN4O6/c1-35(2,3)50-34(47)43-15-11-25(12-16-43)36(4,48)27-17-30-32(31(40)18-27)38(26-6-8-28(39)9-7-26,49-23-37(22-45)13-14-37)44(33(30)46)21-29-10-5-24(19-41)20-42-29/h5-10,17-18,20,25,45,48H,11-16,21-23H2,1-4H3. The molecule has 2 amide bonds. The first-order valence-corrected chi connectivity index (χ1v) is 17.2. The summed E-state index contributed by atoms with van der Waals surface area (Å²) in [6.07, 6.45) is 3.30. The van der Waals surface area contributed by atoms with E-state index in [-0.39, 0.29) is 42.4 Å². The summed E-state index contributed by atoms with van der Waals surface area (Å²) in [6.45, 7) is 7.56. The molecule has 1 saturated carbocycles. The Balaban J connectivity index is 1.41. The van der Waals surface area contributed by atoms with E-state index in [9.17, 15) is 25.1 Å². The highest BCUT2D eigenvalue weighted by molar-refractivity contribution is 6.30. The molecule has 3 aliphatic rings. The van der Waals surface area contributed by atoms with Crippen molar-refractivity contribution in [2.24, 2.45) is 11.3 Å². The SMILES string of the molecule is CC(C)(C)OC(=O)N1CCC(C(C)(O)c2cc(F)c3c(c2)C(=O)N(Cc2ccc(C#N)cn2)C3(OCC2(CO)CC2)c2ccc(Cl)cc2)CC1. The second kappa shape index (κ2) is 13.2. The van der Waals surface area contributed by atoms with Gasteiger partial charge in [-0.15, -0.1) is 0 Å². The fraction of sp³-hybridized carbons (Fsp3) is 0.474. The Morgan fingerprint density at radius 3 is 2.36 bits per heavy atom. The Hall–Kier alpha value is -4.08. The van der Waals surface area contributed by atoms with Crippen molar-refractivity contribution in [3.8, 4) is 6.07 Å². The zero-order chi connectivity index (χ0) is 36.1. The van der Waals surface area contributed by atoms with Gasteiger partial charge in [-0.3, -0.25) is 14.7 Å². The summed E-state index contributed by atoms with van der Waals surface area (Å²) in [5, 5.41) is 31.9. The van der Waals surface area contributed by atoms with Crippen LogP contribution in [0, 0.1) is 28.5 Å². The van der Waals surface area contributed by atoms with Crippen molar-refractivity contribution in [3.63, 3.8) is 0 Å². The highest BCUT2D eigenvalue weighted by atomic mass is 35.5. The van der Waals surface area contributed by atoms with Gasteiger partial charge in [0.25, 0.3) is 5.91 Å². The highest BCUT2D eigenvalue weighted by Crippen LogP contribution is 2.53. The Morgan fingerprint density at radius 1 is 1.12 bits per heavy atom. The van der Waals surface area contributed by atoms with Crippen molar-refractivity contribution < 1.29 is 33.7 Å². The molecule has 6 rings (SSSR count). The minimum Gasteiger partial charge on any atom is -0.444 e. The lowest BCUT2D eigenvalue weighted by molar-refractivity contribution is -0.130. The lowest BCUT2D eigenvalue weighted by Gasteiger charge is -2.41. The fourth-order valence-corrected chi connectivity index (χ4v) is 7.07. The zero-order valence-corrected chi connectivity index (χ0v) is 29.5. The third-order valence-electron chi connectivity index (χ3n) is 10.2. The van der Waals surface area contributed by atoms with Gasteiger partial charge in [-0.25, -0.2) is 9.18 Å². The van der Waals surface area contributed by atoms with Gasteiger partial charge in [0, 0.05) is 35.3 Å². The number of likely N-dealkylation sites (tertiary alicyclic amines) is 1. The van der Waals surface area contributed by atoms with Crippen LogP contribution in [0.4, 0.5) is 9.18 Å². The number of piperidine rings is 1. The topological polar surface area (TPSA) is 136 Å². The quantitative estimate of drug-likeness (QED) is 0.267. The predicted molar refractivity (Wildman–Crippen MR) is 182 cm³/mol. The molecule has 3 heterocycles. The normalized spacial score (nSPS) is 21.4. The van der Waals surface area contributed by atoms with E-state index in [1.54, 1.807) is 75.1 Å². The van der Waals surface area contributed by atoms with Crippen LogP contribution in [0.1, 0.15) is 91.7 Å². The molecule has 264 valence electrons. The number of ether oxygens (including phenoxy) is 2. The first-order chi connectivity index (χ1) is 23.6. The molecular formula is C38H42ClFN4O6. The minimum absolute atomic E-state index is 0.00787.